The third kappa shape index (κ3) is 6.32. The highest BCUT2D eigenvalue weighted by Crippen LogP contribution is 2.01. The van der Waals surface area contributed by atoms with Crippen molar-refractivity contribution < 1.29 is 4.74 Å². The van der Waals surface area contributed by atoms with E-state index in [4.69, 9.17) is 4.74 Å². The SMILES string of the molecule is CCCOC(C)CC(C)NC. The average molecular weight is 159 g/mol. The van der Waals surface area contributed by atoms with Crippen LogP contribution >= 0.6 is 0 Å². The fourth-order valence-electron chi connectivity index (χ4n) is 1.00. The zero-order chi connectivity index (χ0) is 8.69. The highest BCUT2D eigenvalue weighted by molar-refractivity contribution is 4.61. The summed E-state index contributed by atoms with van der Waals surface area (Å²) in [6.45, 7) is 7.32. The molecule has 0 spiro atoms. The molecule has 2 unspecified atom stereocenters. The van der Waals surface area contributed by atoms with E-state index in [1.54, 1.807) is 0 Å². The van der Waals surface area contributed by atoms with E-state index in [-0.39, 0.29) is 0 Å². The Morgan fingerprint density at radius 3 is 2.45 bits per heavy atom. The zero-order valence-corrected chi connectivity index (χ0v) is 8.18. The van der Waals surface area contributed by atoms with Crippen molar-refractivity contribution in [2.45, 2.75) is 45.8 Å². The van der Waals surface area contributed by atoms with E-state index in [2.05, 4.69) is 26.1 Å². The van der Waals surface area contributed by atoms with E-state index in [1.807, 2.05) is 7.05 Å². The Labute approximate surface area is 70.3 Å². The minimum atomic E-state index is 0.386. The molecule has 2 nitrogen and oxygen atoms in total. The van der Waals surface area contributed by atoms with E-state index >= 15 is 0 Å². The summed E-state index contributed by atoms with van der Waals surface area (Å²) in [6.07, 6.45) is 2.59. The Kier molecular flexibility index (Phi) is 6.57. The van der Waals surface area contributed by atoms with Crippen molar-refractivity contribution in [2.75, 3.05) is 13.7 Å². The molecule has 1 N–H and O–H groups in total. The number of nitrogens with one attached hydrogen (secondary N) is 1. The van der Waals surface area contributed by atoms with Gasteiger partial charge in [-0.2, -0.15) is 0 Å². The second-order valence-electron chi connectivity index (χ2n) is 3.11. The molecule has 0 aromatic carbocycles. The van der Waals surface area contributed by atoms with E-state index < -0.39 is 0 Å². The van der Waals surface area contributed by atoms with E-state index in [0.29, 0.717) is 12.1 Å². The van der Waals surface area contributed by atoms with Crippen molar-refractivity contribution in [1.29, 1.82) is 0 Å². The molecule has 0 aromatic rings. The van der Waals surface area contributed by atoms with Gasteiger partial charge in [-0.25, -0.2) is 0 Å². The second kappa shape index (κ2) is 6.62. The number of rotatable bonds is 6. The van der Waals surface area contributed by atoms with E-state index in [0.717, 1.165) is 19.4 Å². The molecule has 0 aliphatic rings. The van der Waals surface area contributed by atoms with Crippen molar-refractivity contribution in [3.05, 3.63) is 0 Å². The van der Waals surface area contributed by atoms with Gasteiger partial charge < -0.3 is 10.1 Å². The second-order valence-corrected chi connectivity index (χ2v) is 3.11. The highest BCUT2D eigenvalue weighted by Gasteiger charge is 2.05. The van der Waals surface area contributed by atoms with Gasteiger partial charge in [0.1, 0.15) is 0 Å². The van der Waals surface area contributed by atoms with Crippen LogP contribution < -0.4 is 5.32 Å². The van der Waals surface area contributed by atoms with E-state index in [9.17, 15) is 0 Å². The first-order valence-corrected chi connectivity index (χ1v) is 4.49. The summed E-state index contributed by atoms with van der Waals surface area (Å²) in [4.78, 5) is 0. The molecule has 68 valence electrons. The Morgan fingerprint density at radius 1 is 1.36 bits per heavy atom. The number of hydrogen-bond donors (Lipinski definition) is 1. The van der Waals surface area contributed by atoms with E-state index in [1.165, 1.54) is 0 Å². The molecule has 2 heteroatoms. The van der Waals surface area contributed by atoms with Crippen LogP contribution in [0.25, 0.3) is 0 Å². The molecule has 0 saturated carbocycles. The van der Waals surface area contributed by atoms with Crippen LogP contribution in [-0.2, 0) is 4.74 Å². The zero-order valence-electron chi connectivity index (χ0n) is 8.18. The highest BCUT2D eigenvalue weighted by atomic mass is 16.5. The van der Waals surface area contributed by atoms with Crippen molar-refractivity contribution in [3.63, 3.8) is 0 Å². The smallest absolute Gasteiger partial charge is 0.0561 e. The molecule has 0 bridgehead atoms. The summed E-state index contributed by atoms with van der Waals surface area (Å²) in [6, 6.07) is 0.557. The standard InChI is InChI=1S/C9H21NO/c1-5-6-11-9(3)7-8(2)10-4/h8-10H,5-7H2,1-4H3. The first-order valence-electron chi connectivity index (χ1n) is 4.49. The third-order valence-corrected chi connectivity index (χ3v) is 1.78. The first-order chi connectivity index (χ1) is 5.20. The Hall–Kier alpha value is -0.0800. The molecule has 0 rings (SSSR count). The molecule has 0 amide bonds. The first kappa shape index (κ1) is 10.9. The lowest BCUT2D eigenvalue weighted by Gasteiger charge is -2.16. The van der Waals surface area contributed by atoms with Crippen molar-refractivity contribution >= 4 is 0 Å². The molecule has 0 heterocycles. The Morgan fingerprint density at radius 2 is 2.00 bits per heavy atom. The molecule has 11 heavy (non-hydrogen) atoms. The van der Waals surface area contributed by atoms with Crippen LogP contribution in [0, 0.1) is 0 Å². The minimum absolute atomic E-state index is 0.386. The maximum Gasteiger partial charge on any atom is 0.0561 e. The van der Waals surface area contributed by atoms with Crippen LogP contribution in [0.15, 0.2) is 0 Å². The topological polar surface area (TPSA) is 21.3 Å². The van der Waals surface area contributed by atoms with Crippen LogP contribution in [0.5, 0.6) is 0 Å². The van der Waals surface area contributed by atoms with Crippen molar-refractivity contribution in [2.24, 2.45) is 0 Å². The molecular weight excluding hydrogens is 138 g/mol. The fourth-order valence-corrected chi connectivity index (χ4v) is 1.00. The van der Waals surface area contributed by atoms with Crippen LogP contribution in [0.4, 0.5) is 0 Å². The lowest BCUT2D eigenvalue weighted by molar-refractivity contribution is 0.0553. The van der Waals surface area contributed by atoms with Gasteiger partial charge in [0.2, 0.25) is 0 Å². The summed E-state index contributed by atoms with van der Waals surface area (Å²) in [5.74, 6) is 0. The minimum Gasteiger partial charge on any atom is -0.378 e. The lowest BCUT2D eigenvalue weighted by atomic mass is 10.1. The molecule has 0 aromatic heterocycles. The van der Waals surface area contributed by atoms with Crippen molar-refractivity contribution in [3.8, 4) is 0 Å². The quantitative estimate of drug-likeness (QED) is 0.638. The molecule has 0 saturated heterocycles. The van der Waals surface area contributed by atoms with Gasteiger partial charge in [-0.1, -0.05) is 6.92 Å². The summed E-state index contributed by atoms with van der Waals surface area (Å²) in [5.41, 5.74) is 0. The Bertz CT molecular complexity index is 85.6. The van der Waals surface area contributed by atoms with Gasteiger partial charge in [-0.15, -0.1) is 0 Å². The molecular formula is C9H21NO. The lowest BCUT2D eigenvalue weighted by Crippen LogP contribution is -2.26. The van der Waals surface area contributed by atoms with Gasteiger partial charge >= 0.3 is 0 Å². The van der Waals surface area contributed by atoms with Gasteiger partial charge in [-0.3, -0.25) is 0 Å². The van der Waals surface area contributed by atoms with Gasteiger partial charge in [0.25, 0.3) is 0 Å². The summed E-state index contributed by atoms with van der Waals surface area (Å²) < 4.78 is 5.52. The van der Waals surface area contributed by atoms with Crippen LogP contribution in [0.2, 0.25) is 0 Å². The molecule has 0 radical (unpaired) electrons. The molecule has 0 aliphatic carbocycles. The van der Waals surface area contributed by atoms with Gasteiger partial charge in [0.15, 0.2) is 0 Å². The average Bonchev–Trinajstić information content (AvgIpc) is 2.00. The largest absolute Gasteiger partial charge is 0.378 e. The summed E-state index contributed by atoms with van der Waals surface area (Å²) in [7, 11) is 1.98. The van der Waals surface area contributed by atoms with Crippen molar-refractivity contribution in [1.82, 2.24) is 5.32 Å². The van der Waals surface area contributed by atoms with Gasteiger partial charge in [0.05, 0.1) is 6.10 Å². The fraction of sp³-hybridized carbons (Fsp3) is 1.00. The predicted molar refractivity (Wildman–Crippen MR) is 48.8 cm³/mol. The Balaban J connectivity index is 3.27. The van der Waals surface area contributed by atoms with Crippen LogP contribution in [-0.4, -0.2) is 25.8 Å². The van der Waals surface area contributed by atoms with Crippen LogP contribution in [0.1, 0.15) is 33.6 Å². The maximum atomic E-state index is 5.52. The van der Waals surface area contributed by atoms with Crippen LogP contribution in [0.3, 0.4) is 0 Å². The monoisotopic (exact) mass is 159 g/mol. The number of ether oxygens (including phenoxy) is 1. The normalized spacial score (nSPS) is 16.4. The third-order valence-electron chi connectivity index (χ3n) is 1.78. The molecule has 0 fully saturated rings. The predicted octanol–water partition coefficient (Wildman–Crippen LogP) is 1.80. The number of hydrogen-bond acceptors (Lipinski definition) is 2. The van der Waals surface area contributed by atoms with Gasteiger partial charge in [-0.05, 0) is 33.7 Å². The van der Waals surface area contributed by atoms with Gasteiger partial charge in [0, 0.05) is 12.6 Å². The summed E-state index contributed by atoms with van der Waals surface area (Å²) in [5, 5.41) is 3.19. The summed E-state index contributed by atoms with van der Waals surface area (Å²) >= 11 is 0. The molecule has 2 atom stereocenters. The molecule has 0 aliphatic heterocycles. The maximum absolute atomic E-state index is 5.52.